The minimum absolute atomic E-state index is 0.196. The molecule has 2 saturated carbocycles. The molecule has 2 heterocycles. The summed E-state index contributed by atoms with van der Waals surface area (Å²) in [6, 6.07) is 6.36. The predicted octanol–water partition coefficient (Wildman–Crippen LogP) is 2.14. The first-order valence-corrected chi connectivity index (χ1v) is 9.87. The number of rotatable bonds is 5. The van der Waals surface area contributed by atoms with Gasteiger partial charge in [-0.2, -0.15) is 0 Å². The maximum absolute atomic E-state index is 12.5. The molecular weight excluding hydrogens is 312 g/mol. The number of carbonyl (C=O) groups is 1. The van der Waals surface area contributed by atoms with Gasteiger partial charge in [-0.3, -0.25) is 9.69 Å². The molecular formula is C20H30N4O. The van der Waals surface area contributed by atoms with Gasteiger partial charge in [0, 0.05) is 38.4 Å². The lowest BCUT2D eigenvalue weighted by Crippen LogP contribution is -2.51. The first-order chi connectivity index (χ1) is 12.2. The second-order valence-electron chi connectivity index (χ2n) is 8.15. The molecule has 5 heteroatoms. The van der Waals surface area contributed by atoms with Crippen molar-refractivity contribution in [2.45, 2.75) is 38.6 Å². The Labute approximate surface area is 150 Å². The van der Waals surface area contributed by atoms with Crippen LogP contribution in [0.25, 0.3) is 0 Å². The van der Waals surface area contributed by atoms with Gasteiger partial charge in [0.25, 0.3) is 0 Å². The average Bonchev–Trinajstić information content (AvgIpc) is 3.26. The highest BCUT2D eigenvalue weighted by Crippen LogP contribution is 2.49. The van der Waals surface area contributed by atoms with Crippen LogP contribution < -0.4 is 10.2 Å². The number of aromatic nitrogens is 1. The summed E-state index contributed by atoms with van der Waals surface area (Å²) < 4.78 is 0. The number of hydrogen-bond acceptors (Lipinski definition) is 4. The van der Waals surface area contributed by atoms with Crippen molar-refractivity contribution in [2.24, 2.45) is 17.8 Å². The lowest BCUT2D eigenvalue weighted by molar-refractivity contribution is -0.123. The van der Waals surface area contributed by atoms with E-state index in [1.807, 2.05) is 18.3 Å². The summed E-state index contributed by atoms with van der Waals surface area (Å²) in [4.78, 5) is 21.4. The summed E-state index contributed by atoms with van der Waals surface area (Å²) in [5, 5.41) is 3.29. The van der Waals surface area contributed by atoms with E-state index in [2.05, 4.69) is 33.1 Å². The van der Waals surface area contributed by atoms with Crippen LogP contribution in [-0.2, 0) is 4.79 Å². The first kappa shape index (κ1) is 16.8. The van der Waals surface area contributed by atoms with Crippen LogP contribution in [-0.4, -0.2) is 54.6 Å². The quantitative estimate of drug-likeness (QED) is 0.891. The Morgan fingerprint density at radius 3 is 2.72 bits per heavy atom. The van der Waals surface area contributed by atoms with Crippen LogP contribution in [0.3, 0.4) is 0 Å². The molecule has 1 saturated heterocycles. The molecule has 136 valence electrons. The van der Waals surface area contributed by atoms with Crippen molar-refractivity contribution >= 4 is 11.7 Å². The van der Waals surface area contributed by atoms with E-state index in [0.29, 0.717) is 18.5 Å². The third kappa shape index (κ3) is 3.81. The zero-order valence-corrected chi connectivity index (χ0v) is 15.2. The summed E-state index contributed by atoms with van der Waals surface area (Å²) in [5.41, 5.74) is 0. The molecule has 1 aromatic heterocycles. The smallest absolute Gasteiger partial charge is 0.234 e. The molecule has 3 aliphatic rings. The van der Waals surface area contributed by atoms with Crippen molar-refractivity contribution in [3.63, 3.8) is 0 Å². The molecule has 1 N–H and O–H groups in total. The SMILES string of the molecule is C[C@H](NC(=O)CN1CCN(c2ccccn2)CC1)[C@H]1C[C@H]2CC[C@H]1C2. The second kappa shape index (κ2) is 7.32. The van der Waals surface area contributed by atoms with Gasteiger partial charge in [0.1, 0.15) is 5.82 Å². The number of anilines is 1. The fourth-order valence-corrected chi connectivity index (χ4v) is 5.19. The van der Waals surface area contributed by atoms with Gasteiger partial charge < -0.3 is 10.2 Å². The highest BCUT2D eigenvalue weighted by Gasteiger charge is 2.42. The molecule has 1 aliphatic heterocycles. The zero-order chi connectivity index (χ0) is 17.2. The van der Waals surface area contributed by atoms with Crippen LogP contribution in [0, 0.1) is 17.8 Å². The number of pyridine rings is 1. The minimum Gasteiger partial charge on any atom is -0.354 e. The molecule has 2 aliphatic carbocycles. The number of piperazine rings is 1. The Morgan fingerprint density at radius 1 is 1.24 bits per heavy atom. The standard InChI is InChI=1S/C20H30N4O/c1-15(18-13-16-5-6-17(18)12-16)22-20(25)14-23-8-10-24(11-9-23)19-4-2-3-7-21-19/h2-4,7,15-18H,5-6,8-14H2,1H3,(H,22,25)/t15-,16-,17-,18+/m0/s1. The number of hydrogen-bond donors (Lipinski definition) is 1. The summed E-state index contributed by atoms with van der Waals surface area (Å²) in [7, 11) is 0. The Balaban J connectivity index is 1.21. The molecule has 0 radical (unpaired) electrons. The Bertz CT molecular complexity index is 585. The lowest BCUT2D eigenvalue weighted by Gasteiger charge is -2.35. The molecule has 0 unspecified atom stereocenters. The molecule has 4 atom stereocenters. The monoisotopic (exact) mass is 342 g/mol. The fraction of sp³-hybridized carbons (Fsp3) is 0.700. The van der Waals surface area contributed by atoms with Crippen molar-refractivity contribution in [1.82, 2.24) is 15.2 Å². The molecule has 25 heavy (non-hydrogen) atoms. The number of amides is 1. The number of nitrogens with zero attached hydrogens (tertiary/aromatic N) is 3. The highest BCUT2D eigenvalue weighted by molar-refractivity contribution is 5.78. The van der Waals surface area contributed by atoms with E-state index in [9.17, 15) is 4.79 Å². The minimum atomic E-state index is 0.196. The first-order valence-electron chi connectivity index (χ1n) is 9.87. The maximum Gasteiger partial charge on any atom is 0.234 e. The van der Waals surface area contributed by atoms with Crippen molar-refractivity contribution < 1.29 is 4.79 Å². The molecule has 4 rings (SSSR count). The van der Waals surface area contributed by atoms with Crippen molar-refractivity contribution in [2.75, 3.05) is 37.6 Å². The molecule has 1 amide bonds. The van der Waals surface area contributed by atoms with Crippen molar-refractivity contribution in [3.8, 4) is 0 Å². The van der Waals surface area contributed by atoms with Gasteiger partial charge in [-0.1, -0.05) is 12.5 Å². The van der Waals surface area contributed by atoms with Crippen LogP contribution in [0.4, 0.5) is 5.82 Å². The van der Waals surface area contributed by atoms with E-state index in [4.69, 9.17) is 0 Å². The van der Waals surface area contributed by atoms with Gasteiger partial charge in [-0.25, -0.2) is 4.98 Å². The average molecular weight is 342 g/mol. The second-order valence-corrected chi connectivity index (χ2v) is 8.15. The summed E-state index contributed by atoms with van der Waals surface area (Å²) in [6.07, 6.45) is 7.37. The Kier molecular flexibility index (Phi) is 4.93. The molecule has 2 bridgehead atoms. The fourth-order valence-electron chi connectivity index (χ4n) is 5.19. The van der Waals surface area contributed by atoms with E-state index >= 15 is 0 Å². The van der Waals surface area contributed by atoms with E-state index in [-0.39, 0.29) is 5.91 Å². The summed E-state index contributed by atoms with van der Waals surface area (Å²) in [6.45, 7) is 6.46. The van der Waals surface area contributed by atoms with Crippen LogP contribution >= 0.6 is 0 Å². The summed E-state index contributed by atoms with van der Waals surface area (Å²) >= 11 is 0. The number of nitrogens with one attached hydrogen (secondary N) is 1. The van der Waals surface area contributed by atoms with Gasteiger partial charge in [-0.15, -0.1) is 0 Å². The molecule has 3 fully saturated rings. The van der Waals surface area contributed by atoms with Crippen LogP contribution in [0.15, 0.2) is 24.4 Å². The number of carbonyl (C=O) groups excluding carboxylic acids is 1. The van der Waals surface area contributed by atoms with Gasteiger partial charge in [0.15, 0.2) is 0 Å². The third-order valence-electron chi connectivity index (χ3n) is 6.54. The van der Waals surface area contributed by atoms with Crippen molar-refractivity contribution in [3.05, 3.63) is 24.4 Å². The predicted molar refractivity (Wildman–Crippen MR) is 99.4 cm³/mol. The van der Waals surface area contributed by atoms with Crippen LogP contribution in [0.1, 0.15) is 32.6 Å². The summed E-state index contributed by atoms with van der Waals surface area (Å²) in [5.74, 6) is 3.75. The number of fused-ring (bicyclic) bond motifs is 2. The molecule has 0 spiro atoms. The van der Waals surface area contributed by atoms with E-state index < -0.39 is 0 Å². The van der Waals surface area contributed by atoms with E-state index in [1.54, 1.807) is 0 Å². The van der Waals surface area contributed by atoms with Gasteiger partial charge in [-0.05, 0) is 56.1 Å². The third-order valence-corrected chi connectivity index (χ3v) is 6.54. The van der Waals surface area contributed by atoms with Gasteiger partial charge >= 0.3 is 0 Å². The highest BCUT2D eigenvalue weighted by atomic mass is 16.2. The largest absolute Gasteiger partial charge is 0.354 e. The molecule has 0 aromatic carbocycles. The zero-order valence-electron chi connectivity index (χ0n) is 15.2. The van der Waals surface area contributed by atoms with E-state index in [0.717, 1.165) is 43.8 Å². The molecule has 1 aromatic rings. The molecule has 5 nitrogen and oxygen atoms in total. The normalized spacial score (nSPS) is 30.4. The van der Waals surface area contributed by atoms with Gasteiger partial charge in [0.05, 0.1) is 6.54 Å². The maximum atomic E-state index is 12.5. The lowest BCUT2D eigenvalue weighted by atomic mass is 9.84. The van der Waals surface area contributed by atoms with Crippen LogP contribution in [0.2, 0.25) is 0 Å². The van der Waals surface area contributed by atoms with Crippen LogP contribution in [0.5, 0.6) is 0 Å². The Hall–Kier alpha value is -1.62. The van der Waals surface area contributed by atoms with Gasteiger partial charge in [0.2, 0.25) is 5.91 Å². The van der Waals surface area contributed by atoms with Crippen molar-refractivity contribution in [1.29, 1.82) is 0 Å². The topological polar surface area (TPSA) is 48.5 Å². The van der Waals surface area contributed by atoms with E-state index in [1.165, 1.54) is 25.7 Å². The Morgan fingerprint density at radius 2 is 2.08 bits per heavy atom.